The van der Waals surface area contributed by atoms with Crippen LogP contribution in [0.2, 0.25) is 19.6 Å². The van der Waals surface area contributed by atoms with Crippen LogP contribution < -0.4 is 0 Å². The number of hydrogen-bond donors (Lipinski definition) is 0. The van der Waals surface area contributed by atoms with Crippen molar-refractivity contribution in [2.24, 2.45) is 0 Å². The predicted molar refractivity (Wildman–Crippen MR) is 47.3 cm³/mol. The zero-order chi connectivity index (χ0) is 8.04. The molecule has 2 heteroatoms. The Balaban J connectivity index is 3.81. The van der Waals surface area contributed by atoms with Crippen LogP contribution in [-0.2, 0) is 4.74 Å². The second-order valence-corrected chi connectivity index (χ2v) is 7.81. The van der Waals surface area contributed by atoms with E-state index in [1.165, 1.54) is 0 Å². The Bertz CT molecular complexity index is 166. The van der Waals surface area contributed by atoms with Gasteiger partial charge in [0, 0.05) is 6.08 Å². The molecule has 0 spiro atoms. The molecule has 56 valence electrons. The van der Waals surface area contributed by atoms with Gasteiger partial charge < -0.3 is 4.74 Å². The zero-order valence-electron chi connectivity index (χ0n) is 7.06. The molecule has 1 nitrogen and oxygen atoms in total. The number of hydrogen-bond acceptors (Lipinski definition) is 1. The highest BCUT2D eigenvalue weighted by atomic mass is 28.3. The van der Waals surface area contributed by atoms with Crippen molar-refractivity contribution >= 4 is 8.07 Å². The predicted octanol–water partition coefficient (Wildman–Crippen LogP) is 2.03. The quantitative estimate of drug-likeness (QED) is 0.319. The summed E-state index contributed by atoms with van der Waals surface area (Å²) in [6.07, 6.45) is 3.32. The first-order valence-corrected chi connectivity index (χ1v) is 6.77. The Kier molecular flexibility index (Phi) is 3.90. The normalized spacial score (nSPS) is 10.8. The van der Waals surface area contributed by atoms with Crippen molar-refractivity contribution in [2.75, 3.05) is 7.11 Å². The minimum atomic E-state index is -1.18. The molecule has 0 aliphatic heterocycles. The highest BCUT2D eigenvalue weighted by Crippen LogP contribution is 1.95. The zero-order valence-corrected chi connectivity index (χ0v) is 8.06. The minimum Gasteiger partial charge on any atom is -0.504 e. The first kappa shape index (κ1) is 9.32. The van der Waals surface area contributed by atoms with E-state index in [0.717, 1.165) is 0 Å². The van der Waals surface area contributed by atoms with Gasteiger partial charge in [-0.25, -0.2) is 0 Å². The summed E-state index contributed by atoms with van der Waals surface area (Å²) in [5, 5.41) is 0. The first-order chi connectivity index (χ1) is 4.56. The summed E-state index contributed by atoms with van der Waals surface area (Å²) in [5.74, 6) is 2.93. The van der Waals surface area contributed by atoms with Gasteiger partial charge in [0.25, 0.3) is 0 Å². The third-order valence-electron chi connectivity index (χ3n) is 0.735. The minimum absolute atomic E-state index is 1.18. The van der Waals surface area contributed by atoms with E-state index in [1.54, 1.807) is 19.4 Å². The third kappa shape index (κ3) is 7.32. The van der Waals surface area contributed by atoms with Crippen LogP contribution in [0.15, 0.2) is 12.3 Å². The Hall–Kier alpha value is -0.683. The summed E-state index contributed by atoms with van der Waals surface area (Å²) < 4.78 is 4.69. The number of ether oxygens (including phenoxy) is 1. The van der Waals surface area contributed by atoms with Crippen molar-refractivity contribution in [3.05, 3.63) is 12.3 Å². The lowest BCUT2D eigenvalue weighted by atomic mass is 10.7. The lowest BCUT2D eigenvalue weighted by molar-refractivity contribution is 0.338. The molecule has 0 rings (SSSR count). The monoisotopic (exact) mass is 154 g/mol. The molecule has 0 radical (unpaired) electrons. The standard InChI is InChI=1S/C8H14OSi/c1-9-7-5-6-8-10(2,3)4/h5,7H,1-4H3/b7-5+. The Morgan fingerprint density at radius 3 is 2.30 bits per heavy atom. The summed E-state index contributed by atoms with van der Waals surface area (Å²) in [6, 6.07) is 0. The van der Waals surface area contributed by atoms with E-state index in [4.69, 9.17) is 0 Å². The molecule has 10 heavy (non-hydrogen) atoms. The van der Waals surface area contributed by atoms with Gasteiger partial charge in [0.05, 0.1) is 13.4 Å². The van der Waals surface area contributed by atoms with Crippen molar-refractivity contribution < 1.29 is 4.74 Å². The molecule has 0 fully saturated rings. The maximum atomic E-state index is 4.69. The molecular formula is C8H14OSi. The summed E-state index contributed by atoms with van der Waals surface area (Å²) in [4.78, 5) is 0. The molecule has 0 amide bonds. The van der Waals surface area contributed by atoms with Gasteiger partial charge in [0.1, 0.15) is 8.07 Å². The molecule has 0 bridgehead atoms. The fraction of sp³-hybridized carbons (Fsp3) is 0.500. The molecule has 0 atom stereocenters. The van der Waals surface area contributed by atoms with Gasteiger partial charge in [-0.1, -0.05) is 25.6 Å². The molecule has 0 N–H and O–H groups in total. The Morgan fingerprint density at radius 2 is 1.90 bits per heavy atom. The molecule has 0 aromatic heterocycles. The smallest absolute Gasteiger partial charge is 0.129 e. The molecule has 0 saturated carbocycles. The van der Waals surface area contributed by atoms with E-state index in [2.05, 4.69) is 35.8 Å². The van der Waals surface area contributed by atoms with E-state index in [-0.39, 0.29) is 0 Å². The van der Waals surface area contributed by atoms with Crippen molar-refractivity contribution in [3.63, 3.8) is 0 Å². The van der Waals surface area contributed by atoms with Crippen LogP contribution in [0.4, 0.5) is 0 Å². The molecule has 0 aromatic rings. The summed E-state index contributed by atoms with van der Waals surface area (Å²) in [7, 11) is 0.443. The fourth-order valence-electron chi connectivity index (χ4n) is 0.360. The van der Waals surface area contributed by atoms with Gasteiger partial charge in [0.15, 0.2) is 0 Å². The van der Waals surface area contributed by atoms with Gasteiger partial charge >= 0.3 is 0 Å². The number of rotatable bonds is 1. The fourth-order valence-corrected chi connectivity index (χ4v) is 0.877. The van der Waals surface area contributed by atoms with Crippen LogP contribution in [-0.4, -0.2) is 15.2 Å². The molecule has 0 unspecified atom stereocenters. The van der Waals surface area contributed by atoms with Crippen LogP contribution in [0.3, 0.4) is 0 Å². The summed E-state index contributed by atoms with van der Waals surface area (Å²) >= 11 is 0. The Morgan fingerprint density at radius 1 is 1.30 bits per heavy atom. The van der Waals surface area contributed by atoms with Crippen molar-refractivity contribution in [1.29, 1.82) is 0 Å². The summed E-state index contributed by atoms with van der Waals surface area (Å²) in [5.41, 5.74) is 3.18. The lowest BCUT2D eigenvalue weighted by Gasteiger charge is -2.01. The molecule has 0 aliphatic rings. The van der Waals surface area contributed by atoms with Gasteiger partial charge in [0.2, 0.25) is 0 Å². The second-order valence-electron chi connectivity index (χ2n) is 3.06. The van der Waals surface area contributed by atoms with E-state index >= 15 is 0 Å². The molecule has 0 aromatic carbocycles. The topological polar surface area (TPSA) is 9.23 Å². The van der Waals surface area contributed by atoms with Crippen LogP contribution in [0.25, 0.3) is 0 Å². The van der Waals surface area contributed by atoms with Gasteiger partial charge in [-0.3, -0.25) is 0 Å². The Labute approximate surface area is 64.1 Å². The average molecular weight is 154 g/mol. The molecule has 0 heterocycles. The molecule has 0 aliphatic carbocycles. The third-order valence-corrected chi connectivity index (χ3v) is 1.63. The van der Waals surface area contributed by atoms with E-state index in [1.807, 2.05) is 0 Å². The number of methoxy groups -OCH3 is 1. The average Bonchev–Trinajstić information content (AvgIpc) is 1.78. The van der Waals surface area contributed by atoms with Crippen LogP contribution in [0, 0.1) is 11.5 Å². The van der Waals surface area contributed by atoms with Crippen LogP contribution in [0.1, 0.15) is 0 Å². The van der Waals surface area contributed by atoms with Crippen molar-refractivity contribution in [3.8, 4) is 11.5 Å². The second kappa shape index (κ2) is 4.18. The van der Waals surface area contributed by atoms with Crippen molar-refractivity contribution in [1.82, 2.24) is 0 Å². The number of allylic oxidation sites excluding steroid dienone is 1. The van der Waals surface area contributed by atoms with Crippen LogP contribution >= 0.6 is 0 Å². The highest BCUT2D eigenvalue weighted by Gasteiger charge is 2.06. The first-order valence-electron chi connectivity index (χ1n) is 3.27. The lowest BCUT2D eigenvalue weighted by Crippen LogP contribution is -2.16. The SMILES string of the molecule is CO/C=C/C#C[Si](C)(C)C. The van der Waals surface area contributed by atoms with E-state index in [0.29, 0.717) is 0 Å². The maximum Gasteiger partial charge on any atom is 0.129 e. The highest BCUT2D eigenvalue weighted by molar-refractivity contribution is 6.83. The largest absolute Gasteiger partial charge is 0.504 e. The van der Waals surface area contributed by atoms with Crippen LogP contribution in [0.5, 0.6) is 0 Å². The van der Waals surface area contributed by atoms with Gasteiger partial charge in [-0.2, -0.15) is 0 Å². The van der Waals surface area contributed by atoms with E-state index < -0.39 is 8.07 Å². The molecule has 0 saturated heterocycles. The van der Waals surface area contributed by atoms with Crippen molar-refractivity contribution in [2.45, 2.75) is 19.6 Å². The summed E-state index contributed by atoms with van der Waals surface area (Å²) in [6.45, 7) is 6.63. The van der Waals surface area contributed by atoms with Gasteiger partial charge in [-0.15, -0.1) is 5.54 Å². The van der Waals surface area contributed by atoms with E-state index in [9.17, 15) is 0 Å². The maximum absolute atomic E-state index is 4.69. The molecular weight excluding hydrogens is 140 g/mol. The van der Waals surface area contributed by atoms with Gasteiger partial charge in [-0.05, 0) is 0 Å².